The number of benzene rings is 1. The minimum Gasteiger partial charge on any atom is -0.392 e. The van der Waals surface area contributed by atoms with Gasteiger partial charge in [-0.25, -0.2) is 0 Å². The van der Waals surface area contributed by atoms with Crippen molar-refractivity contribution in [1.82, 2.24) is 5.32 Å². The van der Waals surface area contributed by atoms with Crippen molar-refractivity contribution in [2.75, 3.05) is 6.54 Å². The van der Waals surface area contributed by atoms with Gasteiger partial charge in [0.25, 0.3) is 0 Å². The van der Waals surface area contributed by atoms with Gasteiger partial charge in [-0.2, -0.15) is 0 Å². The van der Waals surface area contributed by atoms with Gasteiger partial charge in [-0.3, -0.25) is 0 Å². The van der Waals surface area contributed by atoms with Crippen molar-refractivity contribution in [2.24, 2.45) is 5.92 Å². The van der Waals surface area contributed by atoms with E-state index in [1.807, 2.05) is 6.92 Å². The molecular formula is C15H25NO. The Bertz CT molecular complexity index is 316. The summed E-state index contributed by atoms with van der Waals surface area (Å²) in [6, 6.07) is 9.11. The fourth-order valence-electron chi connectivity index (χ4n) is 1.84. The van der Waals surface area contributed by atoms with Crippen molar-refractivity contribution in [3.05, 3.63) is 35.4 Å². The van der Waals surface area contributed by atoms with Crippen LogP contribution in [0.4, 0.5) is 0 Å². The van der Waals surface area contributed by atoms with Crippen LogP contribution in [0.3, 0.4) is 0 Å². The van der Waals surface area contributed by atoms with E-state index < -0.39 is 0 Å². The van der Waals surface area contributed by atoms with Crippen LogP contribution in [0.5, 0.6) is 0 Å². The van der Waals surface area contributed by atoms with Crippen molar-refractivity contribution < 1.29 is 5.11 Å². The van der Waals surface area contributed by atoms with Gasteiger partial charge in [-0.1, -0.05) is 43.7 Å². The summed E-state index contributed by atoms with van der Waals surface area (Å²) in [7, 11) is 0. The predicted octanol–water partition coefficient (Wildman–Crippen LogP) is 2.53. The van der Waals surface area contributed by atoms with Gasteiger partial charge in [0.1, 0.15) is 0 Å². The van der Waals surface area contributed by atoms with Gasteiger partial charge in [-0.05, 0) is 31.7 Å². The predicted molar refractivity (Wildman–Crippen MR) is 73.2 cm³/mol. The van der Waals surface area contributed by atoms with Crippen LogP contribution in [0, 0.1) is 12.8 Å². The van der Waals surface area contributed by atoms with Gasteiger partial charge in [0.15, 0.2) is 0 Å². The van der Waals surface area contributed by atoms with E-state index in [1.54, 1.807) is 0 Å². The topological polar surface area (TPSA) is 32.3 Å². The van der Waals surface area contributed by atoms with Crippen LogP contribution in [0.15, 0.2) is 24.3 Å². The highest BCUT2D eigenvalue weighted by Crippen LogP contribution is 2.11. The summed E-state index contributed by atoms with van der Waals surface area (Å²) < 4.78 is 0. The lowest BCUT2D eigenvalue weighted by atomic mass is 9.96. The molecular weight excluding hydrogens is 210 g/mol. The molecule has 0 bridgehead atoms. The lowest BCUT2D eigenvalue weighted by Gasteiger charge is -2.23. The summed E-state index contributed by atoms with van der Waals surface area (Å²) in [6.07, 6.45) is 0.735. The van der Waals surface area contributed by atoms with E-state index in [-0.39, 0.29) is 6.10 Å². The van der Waals surface area contributed by atoms with E-state index in [2.05, 4.69) is 50.4 Å². The van der Waals surface area contributed by atoms with E-state index in [1.165, 1.54) is 11.1 Å². The van der Waals surface area contributed by atoms with E-state index in [0.717, 1.165) is 6.42 Å². The number of aliphatic hydroxyl groups excluding tert-OH is 1. The molecule has 0 radical (unpaired) electrons. The zero-order chi connectivity index (χ0) is 12.8. The first-order chi connectivity index (χ1) is 7.99. The molecule has 2 N–H and O–H groups in total. The summed E-state index contributed by atoms with van der Waals surface area (Å²) in [5, 5.41) is 12.8. The maximum atomic E-state index is 9.32. The fourth-order valence-corrected chi connectivity index (χ4v) is 1.84. The third-order valence-electron chi connectivity index (χ3n) is 3.06. The second kappa shape index (κ2) is 6.77. The van der Waals surface area contributed by atoms with Crippen LogP contribution in [0.25, 0.3) is 0 Å². The Balaban J connectivity index is 2.57. The molecule has 2 atom stereocenters. The number of rotatable bonds is 6. The number of aryl methyl sites for hydroxylation is 1. The Kier molecular flexibility index (Phi) is 5.66. The molecule has 0 heterocycles. The molecule has 96 valence electrons. The number of aliphatic hydroxyl groups is 1. The normalized spacial score (nSPS) is 14.9. The first-order valence-electron chi connectivity index (χ1n) is 6.46. The summed E-state index contributed by atoms with van der Waals surface area (Å²) in [6.45, 7) is 9.02. The SMILES string of the molecule is Cc1ccc(CC(NCC(C)O)C(C)C)cc1. The molecule has 0 fully saturated rings. The molecule has 0 saturated carbocycles. The minimum atomic E-state index is -0.283. The van der Waals surface area contributed by atoms with Crippen LogP contribution in [-0.4, -0.2) is 23.8 Å². The molecule has 0 aromatic heterocycles. The third kappa shape index (κ3) is 5.33. The van der Waals surface area contributed by atoms with Gasteiger partial charge in [0.05, 0.1) is 6.10 Å². The Morgan fingerprint density at radius 1 is 1.12 bits per heavy atom. The molecule has 2 heteroatoms. The molecule has 1 aromatic carbocycles. The number of hydrogen-bond donors (Lipinski definition) is 2. The van der Waals surface area contributed by atoms with Crippen molar-refractivity contribution in [3.63, 3.8) is 0 Å². The first kappa shape index (κ1) is 14.2. The van der Waals surface area contributed by atoms with Gasteiger partial charge < -0.3 is 10.4 Å². The van der Waals surface area contributed by atoms with Crippen molar-refractivity contribution >= 4 is 0 Å². The van der Waals surface area contributed by atoms with Crippen LogP contribution in [-0.2, 0) is 6.42 Å². The van der Waals surface area contributed by atoms with Gasteiger partial charge in [-0.15, -0.1) is 0 Å². The maximum absolute atomic E-state index is 9.32. The van der Waals surface area contributed by atoms with Crippen molar-refractivity contribution in [3.8, 4) is 0 Å². The Hall–Kier alpha value is -0.860. The molecule has 0 amide bonds. The van der Waals surface area contributed by atoms with E-state index in [4.69, 9.17) is 0 Å². The molecule has 0 aliphatic rings. The van der Waals surface area contributed by atoms with Crippen molar-refractivity contribution in [2.45, 2.75) is 46.3 Å². The molecule has 0 aliphatic heterocycles. The Labute approximate surface area is 105 Å². The number of nitrogens with one attached hydrogen (secondary N) is 1. The third-order valence-corrected chi connectivity index (χ3v) is 3.06. The van der Waals surface area contributed by atoms with Gasteiger partial charge in [0.2, 0.25) is 0 Å². The quantitative estimate of drug-likeness (QED) is 0.794. The molecule has 0 spiro atoms. The minimum absolute atomic E-state index is 0.283. The highest BCUT2D eigenvalue weighted by molar-refractivity contribution is 5.22. The smallest absolute Gasteiger partial charge is 0.0636 e. The van der Waals surface area contributed by atoms with Crippen molar-refractivity contribution in [1.29, 1.82) is 0 Å². The zero-order valence-corrected chi connectivity index (χ0v) is 11.4. The molecule has 0 aliphatic carbocycles. The highest BCUT2D eigenvalue weighted by atomic mass is 16.3. The molecule has 1 rings (SSSR count). The molecule has 0 saturated heterocycles. The summed E-state index contributed by atoms with van der Waals surface area (Å²) in [5.41, 5.74) is 2.65. The van der Waals surface area contributed by atoms with Crippen LogP contribution >= 0.6 is 0 Å². The second-order valence-electron chi connectivity index (χ2n) is 5.30. The molecule has 2 unspecified atom stereocenters. The average molecular weight is 235 g/mol. The van der Waals surface area contributed by atoms with E-state index in [0.29, 0.717) is 18.5 Å². The van der Waals surface area contributed by atoms with Crippen LogP contribution < -0.4 is 5.32 Å². The standard InChI is InChI=1S/C15H25NO/c1-11(2)15(16-10-13(4)17)9-14-7-5-12(3)6-8-14/h5-8,11,13,15-17H,9-10H2,1-4H3. The largest absolute Gasteiger partial charge is 0.392 e. The van der Waals surface area contributed by atoms with Crippen LogP contribution in [0.1, 0.15) is 31.9 Å². The Morgan fingerprint density at radius 2 is 1.71 bits per heavy atom. The lowest BCUT2D eigenvalue weighted by molar-refractivity contribution is 0.181. The van der Waals surface area contributed by atoms with Gasteiger partial charge >= 0.3 is 0 Å². The summed E-state index contributed by atoms with van der Waals surface area (Å²) >= 11 is 0. The van der Waals surface area contributed by atoms with E-state index in [9.17, 15) is 5.11 Å². The first-order valence-corrected chi connectivity index (χ1v) is 6.46. The second-order valence-corrected chi connectivity index (χ2v) is 5.30. The fraction of sp³-hybridized carbons (Fsp3) is 0.600. The Morgan fingerprint density at radius 3 is 2.18 bits per heavy atom. The van der Waals surface area contributed by atoms with E-state index >= 15 is 0 Å². The monoisotopic (exact) mass is 235 g/mol. The number of hydrogen-bond acceptors (Lipinski definition) is 2. The molecule has 2 nitrogen and oxygen atoms in total. The maximum Gasteiger partial charge on any atom is 0.0636 e. The zero-order valence-electron chi connectivity index (χ0n) is 11.4. The lowest BCUT2D eigenvalue weighted by Crippen LogP contribution is -2.39. The average Bonchev–Trinajstić information content (AvgIpc) is 2.26. The molecule has 1 aromatic rings. The van der Waals surface area contributed by atoms with Crippen LogP contribution in [0.2, 0.25) is 0 Å². The molecule has 17 heavy (non-hydrogen) atoms. The highest BCUT2D eigenvalue weighted by Gasteiger charge is 2.13. The summed E-state index contributed by atoms with van der Waals surface area (Å²) in [4.78, 5) is 0. The van der Waals surface area contributed by atoms with Gasteiger partial charge in [0, 0.05) is 12.6 Å². The summed E-state index contributed by atoms with van der Waals surface area (Å²) in [5.74, 6) is 0.565.